The second-order valence-corrected chi connectivity index (χ2v) is 6.00. The standard InChI is InChI=1S/C13H7F3I2/c14-13(15,16)8-5-6-10(12(18)7-8)9-3-1-2-4-11(9)17/h1-7H. The molecular weight excluding hydrogens is 467 g/mol. The Kier molecular flexibility index (Phi) is 4.20. The van der Waals surface area contributed by atoms with E-state index in [2.05, 4.69) is 22.6 Å². The van der Waals surface area contributed by atoms with Crippen LogP contribution in [0.5, 0.6) is 0 Å². The van der Waals surface area contributed by atoms with Gasteiger partial charge in [-0.15, -0.1) is 0 Å². The van der Waals surface area contributed by atoms with Gasteiger partial charge in [0, 0.05) is 7.14 Å². The zero-order valence-corrected chi connectivity index (χ0v) is 13.2. The number of hydrogen-bond donors (Lipinski definition) is 0. The van der Waals surface area contributed by atoms with E-state index in [9.17, 15) is 13.2 Å². The first-order chi connectivity index (χ1) is 8.39. The van der Waals surface area contributed by atoms with Crippen LogP contribution in [0.4, 0.5) is 13.2 Å². The third-order valence-electron chi connectivity index (χ3n) is 2.46. The Morgan fingerprint density at radius 2 is 1.39 bits per heavy atom. The second-order valence-electron chi connectivity index (χ2n) is 3.67. The van der Waals surface area contributed by atoms with E-state index in [1.54, 1.807) is 0 Å². The molecular formula is C13H7F3I2. The molecule has 0 aliphatic heterocycles. The van der Waals surface area contributed by atoms with Crippen molar-refractivity contribution in [1.82, 2.24) is 0 Å². The lowest BCUT2D eigenvalue weighted by molar-refractivity contribution is -0.137. The van der Waals surface area contributed by atoms with Gasteiger partial charge in [-0.3, -0.25) is 0 Å². The van der Waals surface area contributed by atoms with Crippen molar-refractivity contribution in [3.63, 3.8) is 0 Å². The number of hydrogen-bond acceptors (Lipinski definition) is 0. The van der Waals surface area contributed by atoms with Gasteiger partial charge in [0.1, 0.15) is 0 Å². The van der Waals surface area contributed by atoms with Gasteiger partial charge < -0.3 is 0 Å². The van der Waals surface area contributed by atoms with Crippen LogP contribution in [0, 0.1) is 7.14 Å². The van der Waals surface area contributed by atoms with Crippen LogP contribution >= 0.6 is 45.2 Å². The molecule has 0 nitrogen and oxygen atoms in total. The molecule has 18 heavy (non-hydrogen) atoms. The first-order valence-electron chi connectivity index (χ1n) is 5.01. The van der Waals surface area contributed by atoms with Gasteiger partial charge in [0.15, 0.2) is 0 Å². The highest BCUT2D eigenvalue weighted by Gasteiger charge is 2.30. The van der Waals surface area contributed by atoms with E-state index >= 15 is 0 Å². The number of rotatable bonds is 1. The van der Waals surface area contributed by atoms with Crippen LogP contribution in [-0.4, -0.2) is 0 Å². The van der Waals surface area contributed by atoms with Gasteiger partial charge in [0.25, 0.3) is 0 Å². The normalized spacial score (nSPS) is 11.6. The molecule has 0 atom stereocenters. The summed E-state index contributed by atoms with van der Waals surface area (Å²) in [6.45, 7) is 0. The summed E-state index contributed by atoms with van der Waals surface area (Å²) in [6, 6.07) is 11.5. The summed E-state index contributed by atoms with van der Waals surface area (Å²) in [4.78, 5) is 0. The topological polar surface area (TPSA) is 0 Å². The summed E-state index contributed by atoms with van der Waals surface area (Å²) >= 11 is 4.12. The summed E-state index contributed by atoms with van der Waals surface area (Å²) in [5, 5.41) is 0. The molecule has 0 aromatic heterocycles. The van der Waals surface area contributed by atoms with E-state index < -0.39 is 11.7 Å². The zero-order chi connectivity index (χ0) is 13.3. The molecule has 0 fully saturated rings. The van der Waals surface area contributed by atoms with Crippen LogP contribution in [0.3, 0.4) is 0 Å². The Bertz CT molecular complexity index is 577. The maximum atomic E-state index is 12.6. The molecule has 0 unspecified atom stereocenters. The number of halogens is 5. The Morgan fingerprint density at radius 1 is 0.778 bits per heavy atom. The van der Waals surface area contributed by atoms with E-state index in [1.165, 1.54) is 12.1 Å². The van der Waals surface area contributed by atoms with Crippen molar-refractivity contribution in [2.45, 2.75) is 6.18 Å². The molecule has 5 heteroatoms. The molecule has 0 radical (unpaired) electrons. The lowest BCUT2D eigenvalue weighted by Gasteiger charge is -2.11. The Morgan fingerprint density at radius 3 is 1.94 bits per heavy atom. The van der Waals surface area contributed by atoms with E-state index in [0.29, 0.717) is 3.57 Å². The highest BCUT2D eigenvalue weighted by molar-refractivity contribution is 14.1. The first kappa shape index (κ1) is 14.1. The van der Waals surface area contributed by atoms with Crippen LogP contribution in [-0.2, 0) is 6.18 Å². The smallest absolute Gasteiger partial charge is 0.166 e. The van der Waals surface area contributed by atoms with Gasteiger partial charge in [-0.25, -0.2) is 0 Å². The van der Waals surface area contributed by atoms with Gasteiger partial charge in [-0.05, 0) is 74.5 Å². The maximum Gasteiger partial charge on any atom is 0.416 e. The quantitative estimate of drug-likeness (QED) is 0.474. The van der Waals surface area contributed by atoms with Crippen molar-refractivity contribution in [3.8, 4) is 11.1 Å². The van der Waals surface area contributed by atoms with Gasteiger partial charge >= 0.3 is 6.18 Å². The first-order valence-corrected chi connectivity index (χ1v) is 7.17. The fourth-order valence-electron chi connectivity index (χ4n) is 1.59. The number of alkyl halides is 3. The monoisotopic (exact) mass is 474 g/mol. The van der Waals surface area contributed by atoms with Crippen LogP contribution in [0.1, 0.15) is 5.56 Å². The highest BCUT2D eigenvalue weighted by Crippen LogP contribution is 2.35. The summed E-state index contributed by atoms with van der Waals surface area (Å²) in [5.41, 5.74) is 1.17. The maximum absolute atomic E-state index is 12.6. The van der Waals surface area contributed by atoms with Gasteiger partial charge in [0.2, 0.25) is 0 Å². The average Bonchev–Trinajstić information content (AvgIpc) is 2.29. The third kappa shape index (κ3) is 2.98. The minimum absolute atomic E-state index is 0.603. The minimum Gasteiger partial charge on any atom is -0.166 e. The van der Waals surface area contributed by atoms with Gasteiger partial charge in [0.05, 0.1) is 5.56 Å². The molecule has 0 aliphatic carbocycles. The predicted molar refractivity (Wildman–Crippen MR) is 82.3 cm³/mol. The zero-order valence-electron chi connectivity index (χ0n) is 8.93. The predicted octanol–water partition coefficient (Wildman–Crippen LogP) is 5.58. The second kappa shape index (κ2) is 5.36. The molecule has 2 aromatic carbocycles. The molecule has 0 amide bonds. The third-order valence-corrected chi connectivity index (χ3v) is 4.29. The van der Waals surface area contributed by atoms with Crippen molar-refractivity contribution in [3.05, 3.63) is 55.2 Å². The fraction of sp³-hybridized carbons (Fsp3) is 0.0769. The van der Waals surface area contributed by atoms with E-state index in [1.807, 2.05) is 46.9 Å². The molecule has 0 spiro atoms. The average molecular weight is 474 g/mol. The molecule has 0 saturated carbocycles. The summed E-state index contributed by atoms with van der Waals surface area (Å²) in [5.74, 6) is 0. The Hall–Kier alpha value is -0.310. The molecule has 2 rings (SSSR count). The van der Waals surface area contributed by atoms with Gasteiger partial charge in [-0.2, -0.15) is 13.2 Å². The van der Waals surface area contributed by atoms with E-state index in [-0.39, 0.29) is 0 Å². The SMILES string of the molecule is FC(F)(F)c1ccc(-c2ccccc2I)c(I)c1. The Labute approximate surface area is 130 Å². The summed E-state index contributed by atoms with van der Waals surface area (Å²) in [7, 11) is 0. The molecule has 0 heterocycles. The Balaban J connectivity index is 2.52. The van der Waals surface area contributed by atoms with E-state index in [4.69, 9.17) is 0 Å². The minimum atomic E-state index is -4.29. The molecule has 2 aromatic rings. The van der Waals surface area contributed by atoms with Crippen molar-refractivity contribution < 1.29 is 13.2 Å². The van der Waals surface area contributed by atoms with Crippen molar-refractivity contribution >= 4 is 45.2 Å². The van der Waals surface area contributed by atoms with Crippen molar-refractivity contribution in [2.75, 3.05) is 0 Å². The summed E-state index contributed by atoms with van der Waals surface area (Å²) in [6.07, 6.45) is -4.29. The van der Waals surface area contributed by atoms with Crippen molar-refractivity contribution in [2.24, 2.45) is 0 Å². The molecule has 94 valence electrons. The largest absolute Gasteiger partial charge is 0.416 e. The highest BCUT2D eigenvalue weighted by atomic mass is 127. The van der Waals surface area contributed by atoms with Crippen molar-refractivity contribution in [1.29, 1.82) is 0 Å². The fourth-order valence-corrected chi connectivity index (χ4v) is 3.07. The molecule has 0 bridgehead atoms. The van der Waals surface area contributed by atoms with E-state index in [0.717, 1.165) is 20.8 Å². The van der Waals surface area contributed by atoms with Crippen LogP contribution in [0.25, 0.3) is 11.1 Å². The molecule has 0 aliphatic rings. The van der Waals surface area contributed by atoms with Crippen LogP contribution < -0.4 is 0 Å². The molecule has 0 saturated heterocycles. The number of benzene rings is 2. The lowest BCUT2D eigenvalue weighted by atomic mass is 10.0. The van der Waals surface area contributed by atoms with Crippen LogP contribution in [0.2, 0.25) is 0 Å². The van der Waals surface area contributed by atoms with Gasteiger partial charge in [-0.1, -0.05) is 24.3 Å². The summed E-state index contributed by atoms with van der Waals surface area (Å²) < 4.78 is 39.4. The van der Waals surface area contributed by atoms with Crippen LogP contribution in [0.15, 0.2) is 42.5 Å². The lowest BCUT2D eigenvalue weighted by Crippen LogP contribution is -2.05. The molecule has 0 N–H and O–H groups in total.